The average Bonchev–Trinajstić information content (AvgIpc) is 2.32. The fourth-order valence-corrected chi connectivity index (χ4v) is 1.79. The molecule has 7 heteroatoms. The van der Waals surface area contributed by atoms with Crippen molar-refractivity contribution in [3.8, 4) is 5.75 Å². The third-order valence-corrected chi connectivity index (χ3v) is 2.75. The summed E-state index contributed by atoms with van der Waals surface area (Å²) >= 11 is 3.34. The maximum absolute atomic E-state index is 11.6. The van der Waals surface area contributed by atoms with E-state index in [-0.39, 0.29) is 0 Å². The number of nitrogens with one attached hydrogen (secondary N) is 2. The van der Waals surface area contributed by atoms with Crippen LogP contribution >= 0.6 is 15.9 Å². The zero-order valence-corrected chi connectivity index (χ0v) is 12.3. The van der Waals surface area contributed by atoms with E-state index in [0.29, 0.717) is 18.0 Å². The molecule has 0 saturated carbocycles. The normalized spacial score (nSPS) is 11.5. The summed E-state index contributed by atoms with van der Waals surface area (Å²) in [5, 5.41) is 4.98. The summed E-state index contributed by atoms with van der Waals surface area (Å²) in [4.78, 5) is 22.2. The van der Waals surface area contributed by atoms with Crippen molar-refractivity contribution in [2.75, 3.05) is 11.9 Å². The van der Waals surface area contributed by atoms with Gasteiger partial charge in [0.1, 0.15) is 11.8 Å². The SMILES string of the molecule is CCOc1ccc(Br)cc1N[C@@H](C)C(=O)NC(N)=O. The highest BCUT2D eigenvalue weighted by molar-refractivity contribution is 9.10. The summed E-state index contributed by atoms with van der Waals surface area (Å²) in [7, 11) is 0. The largest absolute Gasteiger partial charge is 0.492 e. The summed E-state index contributed by atoms with van der Waals surface area (Å²) < 4.78 is 6.30. The number of amides is 3. The lowest BCUT2D eigenvalue weighted by atomic mass is 10.2. The van der Waals surface area contributed by atoms with Gasteiger partial charge in [-0.3, -0.25) is 10.1 Å². The number of urea groups is 1. The summed E-state index contributed by atoms with van der Waals surface area (Å²) in [6.45, 7) is 4.00. The van der Waals surface area contributed by atoms with Gasteiger partial charge in [-0.1, -0.05) is 15.9 Å². The molecular formula is C12H16BrN3O3. The van der Waals surface area contributed by atoms with Crippen LogP contribution < -0.4 is 21.1 Å². The Bertz CT molecular complexity index is 479. The highest BCUT2D eigenvalue weighted by Crippen LogP contribution is 2.28. The van der Waals surface area contributed by atoms with Gasteiger partial charge in [-0.05, 0) is 32.0 Å². The van der Waals surface area contributed by atoms with Crippen LogP contribution in [0.2, 0.25) is 0 Å². The number of halogens is 1. The summed E-state index contributed by atoms with van der Waals surface area (Å²) in [6, 6.07) is 3.91. The van der Waals surface area contributed by atoms with Crippen molar-refractivity contribution in [3.63, 3.8) is 0 Å². The molecule has 0 bridgehead atoms. The fourth-order valence-electron chi connectivity index (χ4n) is 1.42. The van der Waals surface area contributed by atoms with Crippen molar-refractivity contribution in [2.24, 2.45) is 5.73 Å². The number of hydrogen-bond acceptors (Lipinski definition) is 4. The molecule has 0 aliphatic carbocycles. The number of carbonyl (C=O) groups is 2. The van der Waals surface area contributed by atoms with Gasteiger partial charge < -0.3 is 15.8 Å². The minimum absolute atomic E-state index is 0.505. The molecule has 0 fully saturated rings. The van der Waals surface area contributed by atoms with Gasteiger partial charge in [-0.15, -0.1) is 0 Å². The lowest BCUT2D eigenvalue weighted by Crippen LogP contribution is -2.43. The predicted molar refractivity (Wildman–Crippen MR) is 76.1 cm³/mol. The molecule has 1 aromatic carbocycles. The van der Waals surface area contributed by atoms with Crippen molar-refractivity contribution >= 4 is 33.6 Å². The molecule has 0 saturated heterocycles. The third-order valence-electron chi connectivity index (χ3n) is 2.25. The summed E-state index contributed by atoms with van der Waals surface area (Å²) in [5.74, 6) is 0.124. The maximum atomic E-state index is 11.6. The number of rotatable bonds is 5. The Labute approximate surface area is 119 Å². The lowest BCUT2D eigenvalue weighted by molar-refractivity contribution is -0.120. The van der Waals surface area contributed by atoms with E-state index < -0.39 is 18.0 Å². The monoisotopic (exact) mass is 329 g/mol. The molecule has 0 aromatic heterocycles. The van der Waals surface area contributed by atoms with Gasteiger partial charge in [0.15, 0.2) is 0 Å². The second-order valence-corrected chi connectivity index (χ2v) is 4.71. The molecule has 0 aliphatic heterocycles. The first kappa shape index (κ1) is 15.3. The van der Waals surface area contributed by atoms with Gasteiger partial charge in [0.2, 0.25) is 5.91 Å². The third kappa shape index (κ3) is 4.78. The minimum Gasteiger partial charge on any atom is -0.492 e. The Balaban J connectivity index is 2.82. The smallest absolute Gasteiger partial charge is 0.318 e. The van der Waals surface area contributed by atoms with Crippen LogP contribution in [0, 0.1) is 0 Å². The van der Waals surface area contributed by atoms with E-state index in [1.165, 1.54) is 0 Å². The van der Waals surface area contributed by atoms with E-state index in [9.17, 15) is 9.59 Å². The molecule has 19 heavy (non-hydrogen) atoms. The van der Waals surface area contributed by atoms with Crippen LogP contribution in [0.5, 0.6) is 5.75 Å². The van der Waals surface area contributed by atoms with Crippen molar-refractivity contribution in [1.29, 1.82) is 0 Å². The van der Waals surface area contributed by atoms with Crippen molar-refractivity contribution in [3.05, 3.63) is 22.7 Å². The molecule has 0 radical (unpaired) electrons. The Morgan fingerprint density at radius 1 is 1.47 bits per heavy atom. The van der Waals surface area contributed by atoms with Crippen molar-refractivity contribution in [2.45, 2.75) is 19.9 Å². The summed E-state index contributed by atoms with van der Waals surface area (Å²) in [6.07, 6.45) is 0. The van der Waals surface area contributed by atoms with E-state index in [2.05, 4.69) is 21.2 Å². The molecule has 0 aliphatic rings. The van der Waals surface area contributed by atoms with Crippen LogP contribution in [-0.2, 0) is 4.79 Å². The molecule has 4 N–H and O–H groups in total. The van der Waals surface area contributed by atoms with Crippen LogP contribution in [0.1, 0.15) is 13.8 Å². The molecular weight excluding hydrogens is 314 g/mol. The van der Waals surface area contributed by atoms with Gasteiger partial charge in [-0.25, -0.2) is 4.79 Å². The minimum atomic E-state index is -0.877. The average molecular weight is 330 g/mol. The van der Waals surface area contributed by atoms with E-state index in [1.807, 2.05) is 18.3 Å². The first-order valence-electron chi connectivity index (χ1n) is 5.73. The fraction of sp³-hybridized carbons (Fsp3) is 0.333. The van der Waals surface area contributed by atoms with E-state index in [0.717, 1.165) is 4.47 Å². The van der Waals surface area contributed by atoms with Crippen LogP contribution in [0.25, 0.3) is 0 Å². The molecule has 1 atom stereocenters. The molecule has 0 heterocycles. The Morgan fingerprint density at radius 2 is 2.16 bits per heavy atom. The molecule has 1 aromatic rings. The van der Waals surface area contributed by atoms with Crippen molar-refractivity contribution in [1.82, 2.24) is 5.32 Å². The van der Waals surface area contributed by atoms with Gasteiger partial charge in [0, 0.05) is 4.47 Å². The van der Waals surface area contributed by atoms with Gasteiger partial charge in [0.25, 0.3) is 0 Å². The first-order valence-corrected chi connectivity index (χ1v) is 6.52. The molecule has 1 rings (SSSR count). The number of imide groups is 1. The van der Waals surface area contributed by atoms with E-state index in [1.54, 1.807) is 19.1 Å². The second kappa shape index (κ2) is 6.98. The van der Waals surface area contributed by atoms with Crippen LogP contribution in [-0.4, -0.2) is 24.6 Å². The lowest BCUT2D eigenvalue weighted by Gasteiger charge is -2.17. The molecule has 0 unspecified atom stereocenters. The number of hydrogen-bond donors (Lipinski definition) is 3. The van der Waals surface area contributed by atoms with Crippen LogP contribution in [0.4, 0.5) is 10.5 Å². The van der Waals surface area contributed by atoms with Crippen molar-refractivity contribution < 1.29 is 14.3 Å². The second-order valence-electron chi connectivity index (χ2n) is 3.79. The Hall–Kier alpha value is -1.76. The number of anilines is 1. The Kier molecular flexibility index (Phi) is 5.62. The highest BCUT2D eigenvalue weighted by Gasteiger charge is 2.16. The topological polar surface area (TPSA) is 93.4 Å². The highest BCUT2D eigenvalue weighted by atomic mass is 79.9. The number of carbonyl (C=O) groups excluding carboxylic acids is 2. The number of nitrogens with two attached hydrogens (primary N) is 1. The molecule has 104 valence electrons. The molecule has 3 amide bonds. The van der Waals surface area contributed by atoms with Gasteiger partial charge in [-0.2, -0.15) is 0 Å². The number of benzene rings is 1. The quantitative estimate of drug-likeness (QED) is 0.768. The van der Waals surface area contributed by atoms with Gasteiger partial charge in [0.05, 0.1) is 12.3 Å². The number of primary amides is 1. The van der Waals surface area contributed by atoms with E-state index in [4.69, 9.17) is 10.5 Å². The van der Waals surface area contributed by atoms with Crippen LogP contribution in [0.15, 0.2) is 22.7 Å². The summed E-state index contributed by atoms with van der Waals surface area (Å²) in [5.41, 5.74) is 5.55. The zero-order chi connectivity index (χ0) is 14.4. The molecule has 6 nitrogen and oxygen atoms in total. The van der Waals surface area contributed by atoms with Gasteiger partial charge >= 0.3 is 6.03 Å². The predicted octanol–water partition coefficient (Wildman–Crippen LogP) is 1.84. The number of ether oxygens (including phenoxy) is 1. The molecule has 0 spiro atoms. The Morgan fingerprint density at radius 3 is 2.74 bits per heavy atom. The zero-order valence-electron chi connectivity index (χ0n) is 10.7. The first-order chi connectivity index (χ1) is 8.93. The van der Waals surface area contributed by atoms with E-state index >= 15 is 0 Å². The van der Waals surface area contributed by atoms with Crippen LogP contribution in [0.3, 0.4) is 0 Å². The maximum Gasteiger partial charge on any atom is 0.318 e. The standard InChI is InChI=1S/C12H16BrN3O3/c1-3-19-10-5-4-8(13)6-9(10)15-7(2)11(17)16-12(14)18/h4-7,15H,3H2,1-2H3,(H3,14,16,17,18)/t7-/m0/s1.